The van der Waals surface area contributed by atoms with Gasteiger partial charge in [-0.1, -0.05) is 19.4 Å². The SMILES string of the molecule is CCCCOc1ccc2cc(N)oc(=O)c2c1. The van der Waals surface area contributed by atoms with E-state index in [9.17, 15) is 4.79 Å². The van der Waals surface area contributed by atoms with Crippen LogP contribution in [0.2, 0.25) is 0 Å². The summed E-state index contributed by atoms with van der Waals surface area (Å²) in [7, 11) is 0. The molecule has 1 aromatic heterocycles. The Kier molecular flexibility index (Phi) is 3.32. The number of nitrogens with two attached hydrogens (primary N) is 1. The van der Waals surface area contributed by atoms with Gasteiger partial charge < -0.3 is 14.9 Å². The summed E-state index contributed by atoms with van der Waals surface area (Å²) < 4.78 is 10.4. The van der Waals surface area contributed by atoms with Gasteiger partial charge in [-0.15, -0.1) is 0 Å². The molecular weight excluding hydrogens is 218 g/mol. The first kappa shape index (κ1) is 11.5. The molecule has 0 amide bonds. The largest absolute Gasteiger partial charge is 0.494 e. The molecule has 0 unspecified atom stereocenters. The summed E-state index contributed by atoms with van der Waals surface area (Å²) in [6.07, 6.45) is 2.07. The minimum atomic E-state index is -0.430. The summed E-state index contributed by atoms with van der Waals surface area (Å²) in [4.78, 5) is 11.6. The van der Waals surface area contributed by atoms with Gasteiger partial charge in [0.1, 0.15) is 5.75 Å². The molecule has 2 aromatic rings. The van der Waals surface area contributed by atoms with Crippen molar-refractivity contribution in [2.75, 3.05) is 12.3 Å². The lowest BCUT2D eigenvalue weighted by molar-refractivity contribution is 0.309. The normalized spacial score (nSPS) is 10.6. The first-order chi connectivity index (χ1) is 8.20. The quantitative estimate of drug-likeness (QED) is 0.824. The van der Waals surface area contributed by atoms with Crippen LogP contribution in [-0.4, -0.2) is 6.61 Å². The Labute approximate surface area is 99.0 Å². The summed E-state index contributed by atoms with van der Waals surface area (Å²) >= 11 is 0. The Bertz CT molecular complexity index is 574. The number of rotatable bonds is 4. The minimum Gasteiger partial charge on any atom is -0.494 e. The number of benzene rings is 1. The maximum absolute atomic E-state index is 11.6. The molecule has 0 aliphatic heterocycles. The van der Waals surface area contributed by atoms with Crippen molar-refractivity contribution in [1.82, 2.24) is 0 Å². The third-order valence-electron chi connectivity index (χ3n) is 2.52. The maximum Gasteiger partial charge on any atom is 0.345 e. The number of nitrogen functional groups attached to an aromatic ring is 1. The fourth-order valence-electron chi connectivity index (χ4n) is 1.61. The van der Waals surface area contributed by atoms with E-state index in [-0.39, 0.29) is 5.88 Å². The van der Waals surface area contributed by atoms with E-state index in [4.69, 9.17) is 14.9 Å². The molecule has 0 saturated carbocycles. The lowest BCUT2D eigenvalue weighted by Gasteiger charge is -2.06. The lowest BCUT2D eigenvalue weighted by atomic mass is 10.2. The Balaban J connectivity index is 2.33. The summed E-state index contributed by atoms with van der Waals surface area (Å²) in [5.74, 6) is 0.810. The van der Waals surface area contributed by atoms with Crippen molar-refractivity contribution < 1.29 is 9.15 Å². The summed E-state index contributed by atoms with van der Waals surface area (Å²) in [5, 5.41) is 1.26. The number of unbranched alkanes of at least 4 members (excludes halogenated alkanes) is 1. The third kappa shape index (κ3) is 2.58. The van der Waals surface area contributed by atoms with Crippen molar-refractivity contribution in [1.29, 1.82) is 0 Å². The van der Waals surface area contributed by atoms with Crippen molar-refractivity contribution in [3.8, 4) is 5.75 Å². The fraction of sp³-hybridized carbons (Fsp3) is 0.308. The first-order valence-corrected chi connectivity index (χ1v) is 5.67. The number of anilines is 1. The second-order valence-electron chi connectivity index (χ2n) is 3.89. The molecule has 0 radical (unpaired) electrons. The summed E-state index contributed by atoms with van der Waals surface area (Å²) in [6, 6.07) is 6.96. The number of hydrogen-bond acceptors (Lipinski definition) is 4. The van der Waals surface area contributed by atoms with E-state index in [1.54, 1.807) is 12.1 Å². The zero-order chi connectivity index (χ0) is 12.3. The highest BCUT2D eigenvalue weighted by Crippen LogP contribution is 2.20. The van der Waals surface area contributed by atoms with Crippen LogP contribution in [0.5, 0.6) is 5.75 Å². The average molecular weight is 233 g/mol. The van der Waals surface area contributed by atoms with Crippen molar-refractivity contribution in [2.24, 2.45) is 0 Å². The van der Waals surface area contributed by atoms with E-state index < -0.39 is 5.63 Å². The van der Waals surface area contributed by atoms with Crippen molar-refractivity contribution in [3.05, 3.63) is 34.7 Å². The Hall–Kier alpha value is -1.97. The highest BCUT2D eigenvalue weighted by Gasteiger charge is 2.04. The molecule has 0 atom stereocenters. The Morgan fingerprint density at radius 3 is 2.94 bits per heavy atom. The molecular formula is C13H15NO3. The topological polar surface area (TPSA) is 65.5 Å². The van der Waals surface area contributed by atoms with E-state index in [0.29, 0.717) is 17.7 Å². The van der Waals surface area contributed by atoms with Crippen LogP contribution in [0.1, 0.15) is 19.8 Å². The highest BCUT2D eigenvalue weighted by atomic mass is 16.5. The van der Waals surface area contributed by atoms with E-state index >= 15 is 0 Å². The molecule has 0 spiro atoms. The average Bonchev–Trinajstić information content (AvgIpc) is 2.30. The minimum absolute atomic E-state index is 0.127. The molecule has 4 heteroatoms. The van der Waals surface area contributed by atoms with Crippen LogP contribution in [-0.2, 0) is 0 Å². The van der Waals surface area contributed by atoms with Gasteiger partial charge in [-0.25, -0.2) is 4.79 Å². The predicted molar refractivity (Wildman–Crippen MR) is 67.3 cm³/mol. The van der Waals surface area contributed by atoms with Gasteiger partial charge in [0.05, 0.1) is 12.0 Å². The van der Waals surface area contributed by atoms with Crippen LogP contribution in [0.3, 0.4) is 0 Å². The third-order valence-corrected chi connectivity index (χ3v) is 2.52. The number of fused-ring (bicyclic) bond motifs is 1. The zero-order valence-electron chi connectivity index (χ0n) is 9.73. The molecule has 1 aromatic carbocycles. The highest BCUT2D eigenvalue weighted by molar-refractivity contribution is 5.84. The first-order valence-electron chi connectivity index (χ1n) is 5.67. The van der Waals surface area contributed by atoms with Gasteiger partial charge in [0, 0.05) is 6.07 Å². The van der Waals surface area contributed by atoms with Crippen molar-refractivity contribution in [3.63, 3.8) is 0 Å². The van der Waals surface area contributed by atoms with Gasteiger partial charge in [0.2, 0.25) is 0 Å². The fourth-order valence-corrected chi connectivity index (χ4v) is 1.61. The van der Waals surface area contributed by atoms with Crippen LogP contribution >= 0.6 is 0 Å². The molecule has 4 nitrogen and oxygen atoms in total. The van der Waals surface area contributed by atoms with E-state index in [2.05, 4.69) is 6.92 Å². The van der Waals surface area contributed by atoms with Crippen LogP contribution in [0.15, 0.2) is 33.5 Å². The monoisotopic (exact) mass is 233 g/mol. The molecule has 17 heavy (non-hydrogen) atoms. The van der Waals surface area contributed by atoms with Crippen LogP contribution in [0.25, 0.3) is 10.8 Å². The Morgan fingerprint density at radius 1 is 1.35 bits per heavy atom. The number of hydrogen-bond donors (Lipinski definition) is 1. The molecule has 2 N–H and O–H groups in total. The van der Waals surface area contributed by atoms with Gasteiger partial charge >= 0.3 is 5.63 Å². The molecule has 2 rings (SSSR count). The van der Waals surface area contributed by atoms with Gasteiger partial charge in [0.15, 0.2) is 5.88 Å². The van der Waals surface area contributed by atoms with E-state index in [0.717, 1.165) is 18.2 Å². The van der Waals surface area contributed by atoms with Gasteiger partial charge in [0.25, 0.3) is 0 Å². The van der Waals surface area contributed by atoms with Gasteiger partial charge in [-0.3, -0.25) is 0 Å². The number of ether oxygens (including phenoxy) is 1. The molecule has 1 heterocycles. The van der Waals surface area contributed by atoms with Gasteiger partial charge in [-0.2, -0.15) is 0 Å². The molecule has 0 fully saturated rings. The Morgan fingerprint density at radius 2 is 2.18 bits per heavy atom. The molecule has 0 aliphatic rings. The van der Waals surface area contributed by atoms with E-state index in [1.165, 1.54) is 0 Å². The lowest BCUT2D eigenvalue weighted by Crippen LogP contribution is -2.03. The molecule has 0 bridgehead atoms. The predicted octanol–water partition coefficient (Wildman–Crippen LogP) is 2.55. The van der Waals surface area contributed by atoms with Crippen LogP contribution < -0.4 is 16.1 Å². The standard InChI is InChI=1S/C13H15NO3/c1-2-3-6-16-10-5-4-9-7-12(14)17-13(15)11(9)8-10/h4-5,7-8H,2-3,6,14H2,1H3. The van der Waals surface area contributed by atoms with Crippen molar-refractivity contribution >= 4 is 16.7 Å². The zero-order valence-corrected chi connectivity index (χ0v) is 9.73. The second kappa shape index (κ2) is 4.91. The summed E-state index contributed by atoms with van der Waals surface area (Å²) in [5.41, 5.74) is 5.03. The van der Waals surface area contributed by atoms with Crippen LogP contribution in [0, 0.1) is 0 Å². The smallest absolute Gasteiger partial charge is 0.345 e. The van der Waals surface area contributed by atoms with Crippen LogP contribution in [0.4, 0.5) is 5.88 Å². The maximum atomic E-state index is 11.6. The summed E-state index contributed by atoms with van der Waals surface area (Å²) in [6.45, 7) is 2.75. The molecule has 0 aliphatic carbocycles. The molecule has 90 valence electrons. The van der Waals surface area contributed by atoms with Crippen molar-refractivity contribution in [2.45, 2.75) is 19.8 Å². The van der Waals surface area contributed by atoms with Gasteiger partial charge in [-0.05, 0) is 23.9 Å². The second-order valence-corrected chi connectivity index (χ2v) is 3.89. The van der Waals surface area contributed by atoms with E-state index in [1.807, 2.05) is 12.1 Å². The molecule has 0 saturated heterocycles.